The summed E-state index contributed by atoms with van der Waals surface area (Å²) in [6, 6.07) is 17.5. The zero-order valence-electron chi connectivity index (χ0n) is 18.1. The molecule has 5 rings (SSSR count). The Morgan fingerprint density at radius 3 is 2.39 bits per heavy atom. The second-order valence-electron chi connectivity index (χ2n) is 8.09. The van der Waals surface area contributed by atoms with Crippen LogP contribution in [0.15, 0.2) is 71.3 Å². The minimum absolute atomic E-state index is 0.204. The molecule has 2 aliphatic heterocycles. The van der Waals surface area contributed by atoms with Crippen LogP contribution in [0.25, 0.3) is 0 Å². The lowest BCUT2D eigenvalue weighted by molar-refractivity contribution is -0.148. The molecule has 2 amide bonds. The predicted octanol–water partition coefficient (Wildman–Crippen LogP) is 2.27. The average molecular weight is 448 g/mol. The van der Waals surface area contributed by atoms with Crippen molar-refractivity contribution in [2.45, 2.75) is 11.7 Å². The smallest absolute Gasteiger partial charge is 0.289 e. The molecule has 0 bridgehead atoms. The van der Waals surface area contributed by atoms with E-state index in [0.29, 0.717) is 48.8 Å². The molecule has 3 heterocycles. The highest BCUT2D eigenvalue weighted by molar-refractivity contribution is 5.92. The summed E-state index contributed by atoms with van der Waals surface area (Å²) in [5, 5.41) is 11.9. The molecule has 1 saturated heterocycles. The summed E-state index contributed by atoms with van der Waals surface area (Å²) >= 11 is 0. The van der Waals surface area contributed by atoms with Crippen molar-refractivity contribution in [1.29, 1.82) is 0 Å². The minimum Gasteiger partial charge on any atom is -0.497 e. The zero-order valence-corrected chi connectivity index (χ0v) is 18.1. The third kappa shape index (κ3) is 3.52. The van der Waals surface area contributed by atoms with Gasteiger partial charge in [0.05, 0.1) is 13.4 Å². The topological polar surface area (TPSA) is 92.5 Å². The third-order valence-corrected chi connectivity index (χ3v) is 6.27. The molecule has 0 spiro atoms. The highest BCUT2D eigenvalue weighted by atomic mass is 16.5. The number of amides is 2. The van der Waals surface area contributed by atoms with Gasteiger partial charge >= 0.3 is 0 Å². The number of benzene rings is 2. The van der Waals surface area contributed by atoms with Gasteiger partial charge in [-0.25, -0.2) is 0 Å². The highest BCUT2D eigenvalue weighted by Crippen LogP contribution is 2.47. The number of aliphatic hydroxyl groups is 1. The van der Waals surface area contributed by atoms with Gasteiger partial charge in [-0.05, 0) is 29.8 Å². The van der Waals surface area contributed by atoms with Crippen molar-refractivity contribution >= 4 is 11.8 Å². The Morgan fingerprint density at radius 1 is 1.00 bits per heavy atom. The molecule has 2 aromatic carbocycles. The van der Waals surface area contributed by atoms with Gasteiger partial charge in [-0.2, -0.15) is 0 Å². The van der Waals surface area contributed by atoms with Crippen LogP contribution in [0.4, 0.5) is 0 Å². The summed E-state index contributed by atoms with van der Waals surface area (Å²) in [5.74, 6) is 0.718. The van der Waals surface area contributed by atoms with Gasteiger partial charge in [-0.3, -0.25) is 9.59 Å². The number of piperazine rings is 1. The van der Waals surface area contributed by atoms with Crippen molar-refractivity contribution in [1.82, 2.24) is 9.80 Å². The summed E-state index contributed by atoms with van der Waals surface area (Å²) in [6.45, 7) is 1.39. The number of hydrogen-bond acceptors (Lipinski definition) is 6. The fraction of sp³-hybridized carbons (Fsp3) is 0.280. The molecule has 0 saturated carbocycles. The van der Waals surface area contributed by atoms with E-state index in [9.17, 15) is 14.7 Å². The van der Waals surface area contributed by atoms with Gasteiger partial charge in [0.1, 0.15) is 11.5 Å². The van der Waals surface area contributed by atoms with Crippen LogP contribution in [0.1, 0.15) is 21.7 Å². The van der Waals surface area contributed by atoms with Gasteiger partial charge in [0, 0.05) is 37.8 Å². The first-order valence-corrected chi connectivity index (χ1v) is 10.8. The second kappa shape index (κ2) is 8.29. The van der Waals surface area contributed by atoms with E-state index >= 15 is 0 Å². The van der Waals surface area contributed by atoms with Gasteiger partial charge < -0.3 is 28.8 Å². The van der Waals surface area contributed by atoms with Crippen molar-refractivity contribution in [3.8, 4) is 11.5 Å². The summed E-state index contributed by atoms with van der Waals surface area (Å²) in [5.41, 5.74) is -0.570. The first-order valence-electron chi connectivity index (χ1n) is 10.8. The molecule has 2 aliphatic rings. The van der Waals surface area contributed by atoms with E-state index in [0.717, 1.165) is 0 Å². The van der Waals surface area contributed by atoms with Crippen molar-refractivity contribution < 1.29 is 28.6 Å². The van der Waals surface area contributed by atoms with E-state index in [2.05, 4.69) is 0 Å². The normalized spacial score (nSPS) is 21.9. The molecule has 3 aromatic rings. The minimum atomic E-state index is -1.65. The van der Waals surface area contributed by atoms with E-state index in [1.165, 1.54) is 6.26 Å². The van der Waals surface area contributed by atoms with Crippen molar-refractivity contribution in [3.63, 3.8) is 0 Å². The Kier molecular flexibility index (Phi) is 5.30. The fourth-order valence-corrected chi connectivity index (χ4v) is 4.48. The fourth-order valence-electron chi connectivity index (χ4n) is 4.48. The Balaban J connectivity index is 1.40. The van der Waals surface area contributed by atoms with Crippen LogP contribution in [0.3, 0.4) is 0 Å². The summed E-state index contributed by atoms with van der Waals surface area (Å²) in [6.07, 6.45) is 0.302. The molecular weight excluding hydrogens is 424 g/mol. The second-order valence-corrected chi connectivity index (χ2v) is 8.09. The molecule has 0 radical (unpaired) electrons. The molecule has 0 aliphatic carbocycles. The maximum absolute atomic E-state index is 13.6. The largest absolute Gasteiger partial charge is 0.497 e. The van der Waals surface area contributed by atoms with Gasteiger partial charge in [0.25, 0.3) is 11.8 Å². The molecular formula is C25H24N2O6. The average Bonchev–Trinajstić information content (AvgIpc) is 3.51. The number of carbonyl (C=O) groups is 2. The van der Waals surface area contributed by atoms with E-state index < -0.39 is 11.7 Å². The third-order valence-electron chi connectivity index (χ3n) is 6.27. The van der Waals surface area contributed by atoms with Gasteiger partial charge in [0.2, 0.25) is 6.10 Å². The van der Waals surface area contributed by atoms with Crippen LogP contribution in [0, 0.1) is 0 Å². The Labute approximate surface area is 190 Å². The molecule has 0 unspecified atom stereocenters. The Hall–Kier alpha value is -3.78. The predicted molar refractivity (Wildman–Crippen MR) is 118 cm³/mol. The zero-order chi connectivity index (χ0) is 23.0. The summed E-state index contributed by atoms with van der Waals surface area (Å²) < 4.78 is 16.5. The highest BCUT2D eigenvalue weighted by Gasteiger charge is 2.54. The molecule has 170 valence electrons. The molecule has 1 aromatic heterocycles. The van der Waals surface area contributed by atoms with Crippen LogP contribution < -0.4 is 9.47 Å². The van der Waals surface area contributed by atoms with Crippen molar-refractivity contribution in [2.75, 3.05) is 33.3 Å². The standard InChI is InChI=1S/C25H24N2O6/c1-31-18-9-10-19-21(16-18)33-22(25(19,30)17-6-3-2-4-7-17)24(29)27-13-11-26(12-14-27)23(28)20-8-5-15-32-20/h2-10,15-16,22,30H,11-14H2,1H3/t22-,25-/m0/s1. The number of ether oxygens (including phenoxy) is 2. The summed E-state index contributed by atoms with van der Waals surface area (Å²) in [4.78, 5) is 29.4. The Morgan fingerprint density at radius 2 is 1.73 bits per heavy atom. The number of hydrogen-bond donors (Lipinski definition) is 1. The van der Waals surface area contributed by atoms with Crippen molar-refractivity contribution in [3.05, 3.63) is 83.8 Å². The lowest BCUT2D eigenvalue weighted by Gasteiger charge is -2.37. The molecule has 1 fully saturated rings. The molecule has 33 heavy (non-hydrogen) atoms. The van der Waals surface area contributed by atoms with Gasteiger partial charge in [-0.15, -0.1) is 0 Å². The molecule has 8 nitrogen and oxygen atoms in total. The van der Waals surface area contributed by atoms with Crippen LogP contribution in [-0.2, 0) is 10.4 Å². The first-order chi connectivity index (χ1) is 16.0. The lowest BCUT2D eigenvalue weighted by atomic mass is 9.82. The molecule has 8 heteroatoms. The van der Waals surface area contributed by atoms with Gasteiger partial charge in [0.15, 0.2) is 11.4 Å². The number of methoxy groups -OCH3 is 1. The quantitative estimate of drug-likeness (QED) is 0.658. The first kappa shape index (κ1) is 21.1. The Bertz CT molecular complexity index is 1150. The number of carbonyl (C=O) groups excluding carboxylic acids is 2. The number of nitrogens with zero attached hydrogens (tertiary/aromatic N) is 2. The maximum atomic E-state index is 13.6. The van der Waals surface area contributed by atoms with Crippen molar-refractivity contribution in [2.24, 2.45) is 0 Å². The molecule has 2 atom stereocenters. The number of furan rings is 1. The van der Waals surface area contributed by atoms with Crippen LogP contribution in [0.2, 0.25) is 0 Å². The van der Waals surface area contributed by atoms with E-state index in [-0.39, 0.29) is 17.6 Å². The lowest BCUT2D eigenvalue weighted by Crippen LogP contribution is -2.57. The van der Waals surface area contributed by atoms with Crippen LogP contribution in [-0.4, -0.2) is 66.1 Å². The SMILES string of the molecule is COc1ccc2c(c1)O[C@@H](C(=O)N1CCN(C(=O)c3ccco3)CC1)[C@]2(O)c1ccccc1. The number of rotatable bonds is 4. The monoisotopic (exact) mass is 448 g/mol. The van der Waals surface area contributed by atoms with Gasteiger partial charge in [-0.1, -0.05) is 30.3 Å². The molecule has 1 N–H and O–H groups in total. The van der Waals surface area contributed by atoms with E-state index in [4.69, 9.17) is 13.9 Å². The number of fused-ring (bicyclic) bond motifs is 1. The van der Waals surface area contributed by atoms with E-state index in [1.807, 2.05) is 18.2 Å². The van der Waals surface area contributed by atoms with Crippen LogP contribution in [0.5, 0.6) is 11.5 Å². The maximum Gasteiger partial charge on any atom is 0.289 e. The van der Waals surface area contributed by atoms with Crippen LogP contribution >= 0.6 is 0 Å². The summed E-state index contributed by atoms with van der Waals surface area (Å²) in [7, 11) is 1.55. The van der Waals surface area contributed by atoms with E-state index in [1.54, 1.807) is 59.4 Å².